The van der Waals surface area contributed by atoms with Crippen molar-refractivity contribution >= 4 is 33.6 Å². The Kier molecular flexibility index (Phi) is 5.58. The third-order valence-electron chi connectivity index (χ3n) is 5.17. The zero-order valence-electron chi connectivity index (χ0n) is 17.9. The molecule has 0 aliphatic heterocycles. The Balaban J connectivity index is 1.48. The summed E-state index contributed by atoms with van der Waals surface area (Å²) in [6.07, 6.45) is 3.84. The highest BCUT2D eigenvalue weighted by Gasteiger charge is 2.17. The summed E-state index contributed by atoms with van der Waals surface area (Å²) in [5.74, 6) is 2.67. The van der Waals surface area contributed by atoms with Gasteiger partial charge in [0.15, 0.2) is 11.0 Å². The van der Waals surface area contributed by atoms with Crippen molar-refractivity contribution in [3.05, 3.63) is 83.9 Å². The number of nitrogens with one attached hydrogen (secondary N) is 1. The number of fused-ring (bicyclic) bond motifs is 1. The Hall–Kier alpha value is -4.04. The Morgan fingerprint density at radius 3 is 2.42 bits per heavy atom. The summed E-state index contributed by atoms with van der Waals surface area (Å²) in [6.45, 7) is 0. The smallest absolute Gasteiger partial charge is 0.324 e. The molecule has 2 aromatic heterocycles. The maximum Gasteiger partial charge on any atom is 0.324 e. The number of tetrazole rings is 1. The molecule has 0 bridgehead atoms. The Morgan fingerprint density at radius 1 is 0.970 bits per heavy atom. The summed E-state index contributed by atoms with van der Waals surface area (Å²) in [7, 11) is 3.49. The highest BCUT2D eigenvalue weighted by molar-refractivity contribution is 7.22. The molecular weight excluding hydrogens is 439 g/mol. The van der Waals surface area contributed by atoms with Gasteiger partial charge in [0.1, 0.15) is 22.4 Å². The molecule has 6 nitrogen and oxygen atoms in total. The summed E-state index contributed by atoms with van der Waals surface area (Å²) < 4.78 is 28.0. The molecule has 0 radical (unpaired) electrons. The minimum absolute atomic E-state index is 0.271. The topological polar surface area (TPSA) is 63.9 Å². The fourth-order valence-electron chi connectivity index (χ4n) is 3.41. The van der Waals surface area contributed by atoms with Crippen molar-refractivity contribution in [2.45, 2.75) is 0 Å². The Morgan fingerprint density at radius 2 is 1.73 bits per heavy atom. The van der Waals surface area contributed by atoms with Crippen molar-refractivity contribution in [3.63, 3.8) is 0 Å². The van der Waals surface area contributed by atoms with Gasteiger partial charge in [0.05, 0.1) is 19.0 Å². The molecule has 0 amide bonds. The first-order valence-electron chi connectivity index (χ1n) is 10.2. The molecule has 0 fully saturated rings. The van der Waals surface area contributed by atoms with Crippen LogP contribution in [0, 0.1) is 5.82 Å². The van der Waals surface area contributed by atoms with Crippen LogP contribution in [0.1, 0.15) is 11.4 Å². The van der Waals surface area contributed by atoms with E-state index < -0.39 is 0 Å². The van der Waals surface area contributed by atoms with E-state index in [0.717, 1.165) is 43.4 Å². The Bertz CT molecular complexity index is 1440. The van der Waals surface area contributed by atoms with Gasteiger partial charge in [0.2, 0.25) is 0 Å². The van der Waals surface area contributed by atoms with Gasteiger partial charge in [-0.1, -0.05) is 29.5 Å². The monoisotopic (exact) mass is 459 g/mol. The molecular formula is C25H20FN4O2S+. The highest BCUT2D eigenvalue weighted by Crippen LogP contribution is 2.47. The second-order valence-corrected chi connectivity index (χ2v) is 8.40. The second-order valence-electron chi connectivity index (χ2n) is 7.35. The first-order chi connectivity index (χ1) is 16.1. The molecule has 33 heavy (non-hydrogen) atoms. The molecule has 8 heteroatoms. The van der Waals surface area contributed by atoms with Gasteiger partial charge in [-0.05, 0) is 59.7 Å². The van der Waals surface area contributed by atoms with Gasteiger partial charge in [-0.2, -0.15) is 4.68 Å². The molecule has 1 N–H and O–H groups in total. The highest BCUT2D eigenvalue weighted by atomic mass is 32.1. The van der Waals surface area contributed by atoms with E-state index in [1.165, 1.54) is 12.1 Å². The van der Waals surface area contributed by atoms with Gasteiger partial charge in [-0.3, -0.25) is 0 Å². The van der Waals surface area contributed by atoms with Gasteiger partial charge in [-0.15, -0.1) is 11.3 Å². The fourth-order valence-corrected chi connectivity index (χ4v) is 4.58. The van der Waals surface area contributed by atoms with Gasteiger partial charge < -0.3 is 9.47 Å². The van der Waals surface area contributed by atoms with Crippen LogP contribution in [-0.4, -0.2) is 22.6 Å². The maximum atomic E-state index is 13.5. The van der Waals surface area contributed by atoms with E-state index in [1.54, 1.807) is 35.3 Å². The molecule has 0 aliphatic carbocycles. The number of aromatic nitrogens is 4. The SMILES string of the molecule is COc1ccc2c(Oc3ccc(/C=C/c4nn[nH][n+]4C)cc3)c(-c3ccc(F)cc3)sc2c1. The van der Waals surface area contributed by atoms with Gasteiger partial charge in [0.25, 0.3) is 0 Å². The minimum atomic E-state index is -0.271. The lowest BCUT2D eigenvalue weighted by atomic mass is 10.1. The number of hydrogen-bond acceptors (Lipinski definition) is 5. The van der Waals surface area contributed by atoms with E-state index >= 15 is 0 Å². The van der Waals surface area contributed by atoms with E-state index in [9.17, 15) is 4.39 Å². The van der Waals surface area contributed by atoms with Crippen LogP contribution < -0.4 is 14.2 Å². The molecule has 0 saturated carbocycles. The molecule has 0 aliphatic rings. The fraction of sp³-hybridized carbons (Fsp3) is 0.0800. The van der Waals surface area contributed by atoms with Crippen LogP contribution in [0.15, 0.2) is 66.7 Å². The predicted molar refractivity (Wildman–Crippen MR) is 127 cm³/mol. The van der Waals surface area contributed by atoms with Crippen molar-refractivity contribution in [3.8, 4) is 27.7 Å². The first kappa shape index (κ1) is 20.8. The number of ether oxygens (including phenoxy) is 2. The number of nitrogens with zero attached hydrogens (tertiary/aromatic N) is 3. The largest absolute Gasteiger partial charge is 0.497 e. The van der Waals surface area contributed by atoms with E-state index in [1.807, 2.05) is 61.7 Å². The van der Waals surface area contributed by atoms with Crippen LogP contribution in [0.2, 0.25) is 0 Å². The predicted octanol–water partition coefficient (Wildman–Crippen LogP) is 5.62. The molecule has 3 aromatic carbocycles. The average molecular weight is 460 g/mol. The van der Waals surface area contributed by atoms with Gasteiger partial charge >= 0.3 is 5.82 Å². The van der Waals surface area contributed by atoms with E-state index in [4.69, 9.17) is 9.47 Å². The summed E-state index contributed by atoms with van der Waals surface area (Å²) in [6, 6.07) is 20.1. The number of thiophene rings is 1. The van der Waals surface area contributed by atoms with E-state index in [2.05, 4.69) is 15.5 Å². The number of hydrogen-bond donors (Lipinski definition) is 1. The molecule has 0 atom stereocenters. The number of halogens is 1. The number of methoxy groups -OCH3 is 1. The van der Waals surface area contributed by atoms with E-state index in [0.29, 0.717) is 5.75 Å². The van der Waals surface area contributed by atoms with Crippen LogP contribution in [0.4, 0.5) is 4.39 Å². The molecule has 2 heterocycles. The Labute approximate surface area is 193 Å². The van der Waals surface area contributed by atoms with Gasteiger partial charge in [-0.25, -0.2) is 4.39 Å². The molecule has 5 aromatic rings. The third-order valence-corrected chi connectivity index (χ3v) is 6.36. The van der Waals surface area contributed by atoms with Crippen molar-refractivity contribution in [1.29, 1.82) is 0 Å². The van der Waals surface area contributed by atoms with Crippen molar-refractivity contribution in [1.82, 2.24) is 15.5 Å². The lowest BCUT2D eigenvalue weighted by Gasteiger charge is -2.09. The quantitative estimate of drug-likeness (QED) is 0.335. The molecule has 5 rings (SSSR count). The molecule has 0 spiro atoms. The maximum absolute atomic E-state index is 13.5. The standard InChI is InChI=1S/C25H19FN4O2S/c1-30-23(27-28-29-30)14-5-16-3-10-19(11-4-16)32-24-21-13-12-20(31-2)15-22(21)33-25(24)17-6-8-18(26)9-7-17/h3-15H,1-2H3/p+1/b14-5+. The minimum Gasteiger partial charge on any atom is -0.497 e. The van der Waals surface area contributed by atoms with Crippen molar-refractivity contribution in [2.24, 2.45) is 7.05 Å². The van der Waals surface area contributed by atoms with E-state index in [-0.39, 0.29) is 5.82 Å². The second kappa shape index (κ2) is 8.84. The number of rotatable bonds is 6. The normalized spacial score (nSPS) is 11.4. The molecule has 164 valence electrons. The number of H-pyrrole nitrogens is 1. The van der Waals surface area contributed by atoms with Crippen molar-refractivity contribution in [2.75, 3.05) is 7.11 Å². The molecule has 0 unspecified atom stereocenters. The van der Waals surface area contributed by atoms with Crippen LogP contribution in [0.25, 0.3) is 32.7 Å². The number of benzene rings is 3. The summed E-state index contributed by atoms with van der Waals surface area (Å²) in [5, 5.41) is 11.5. The third kappa shape index (κ3) is 4.33. The lowest BCUT2D eigenvalue weighted by Crippen LogP contribution is -2.32. The lowest BCUT2D eigenvalue weighted by molar-refractivity contribution is -0.732. The van der Waals surface area contributed by atoms with Gasteiger partial charge in [0, 0.05) is 16.2 Å². The summed E-state index contributed by atoms with van der Waals surface area (Å²) in [5.41, 5.74) is 1.90. The van der Waals surface area contributed by atoms with Crippen LogP contribution in [0.3, 0.4) is 0 Å². The van der Waals surface area contributed by atoms with Crippen LogP contribution in [-0.2, 0) is 7.05 Å². The van der Waals surface area contributed by atoms with Crippen LogP contribution >= 0.6 is 11.3 Å². The van der Waals surface area contributed by atoms with Crippen LogP contribution in [0.5, 0.6) is 17.2 Å². The van der Waals surface area contributed by atoms with Crippen molar-refractivity contribution < 1.29 is 18.5 Å². The zero-order valence-corrected chi connectivity index (χ0v) is 18.8. The number of aromatic amines is 1. The first-order valence-corrected chi connectivity index (χ1v) is 11.0. The summed E-state index contributed by atoms with van der Waals surface area (Å²) >= 11 is 1.59. The zero-order chi connectivity index (χ0) is 22.8. The number of aryl methyl sites for hydroxylation is 1. The average Bonchev–Trinajstić information content (AvgIpc) is 3.41. The summed E-state index contributed by atoms with van der Waals surface area (Å²) in [4.78, 5) is 0.931. The molecule has 0 saturated heterocycles.